The minimum atomic E-state index is 0.395. The number of hydrogen-bond acceptors (Lipinski definition) is 3. The maximum atomic E-state index is 5.78. The van der Waals surface area contributed by atoms with E-state index in [0.717, 1.165) is 18.4 Å². The average Bonchev–Trinajstić information content (AvgIpc) is 2.39. The van der Waals surface area contributed by atoms with Gasteiger partial charge in [-0.25, -0.2) is 0 Å². The summed E-state index contributed by atoms with van der Waals surface area (Å²) in [5, 5.41) is 0. The van der Waals surface area contributed by atoms with Gasteiger partial charge in [-0.3, -0.25) is 0 Å². The third-order valence-corrected chi connectivity index (χ3v) is 5.24. The van der Waals surface area contributed by atoms with Crippen LogP contribution in [0.15, 0.2) is 0 Å². The SMILES string of the molecule is CN1CCC(CN(C)CCCC(CCN)C(C)(C)C)CC1. The molecule has 0 aromatic carbocycles. The van der Waals surface area contributed by atoms with E-state index in [1.165, 1.54) is 58.3 Å². The Labute approximate surface area is 133 Å². The fourth-order valence-corrected chi connectivity index (χ4v) is 3.60. The van der Waals surface area contributed by atoms with Crippen LogP contribution in [-0.2, 0) is 0 Å². The van der Waals surface area contributed by atoms with Gasteiger partial charge in [0.1, 0.15) is 0 Å². The molecule has 1 saturated heterocycles. The van der Waals surface area contributed by atoms with Crippen LogP contribution in [0.5, 0.6) is 0 Å². The predicted octanol–water partition coefficient (Wildman–Crippen LogP) is 3.05. The summed E-state index contributed by atoms with van der Waals surface area (Å²) in [7, 11) is 4.54. The Morgan fingerprint density at radius 1 is 1.19 bits per heavy atom. The van der Waals surface area contributed by atoms with Crippen LogP contribution < -0.4 is 5.73 Å². The quantitative estimate of drug-likeness (QED) is 0.747. The Morgan fingerprint density at radius 2 is 1.81 bits per heavy atom. The highest BCUT2D eigenvalue weighted by Crippen LogP contribution is 2.32. The summed E-state index contributed by atoms with van der Waals surface area (Å²) >= 11 is 0. The van der Waals surface area contributed by atoms with Crippen LogP contribution in [0, 0.1) is 17.3 Å². The predicted molar refractivity (Wildman–Crippen MR) is 93.6 cm³/mol. The number of nitrogens with zero attached hydrogens (tertiary/aromatic N) is 2. The summed E-state index contributed by atoms with van der Waals surface area (Å²) in [4.78, 5) is 5.01. The Balaban J connectivity index is 2.21. The van der Waals surface area contributed by atoms with Gasteiger partial charge in [-0.1, -0.05) is 20.8 Å². The summed E-state index contributed by atoms with van der Waals surface area (Å²) < 4.78 is 0. The van der Waals surface area contributed by atoms with Gasteiger partial charge in [0, 0.05) is 6.54 Å². The molecule has 1 heterocycles. The minimum absolute atomic E-state index is 0.395. The van der Waals surface area contributed by atoms with Gasteiger partial charge in [-0.15, -0.1) is 0 Å². The van der Waals surface area contributed by atoms with Crippen molar-refractivity contribution in [3.05, 3.63) is 0 Å². The van der Waals surface area contributed by atoms with Gasteiger partial charge in [0.15, 0.2) is 0 Å². The maximum Gasteiger partial charge on any atom is 0.000756 e. The molecule has 0 amide bonds. The largest absolute Gasteiger partial charge is 0.330 e. The van der Waals surface area contributed by atoms with Crippen molar-refractivity contribution in [3.8, 4) is 0 Å². The zero-order valence-electron chi connectivity index (χ0n) is 15.2. The fourth-order valence-electron chi connectivity index (χ4n) is 3.60. The molecule has 0 aliphatic carbocycles. The highest BCUT2D eigenvalue weighted by atomic mass is 15.1. The molecule has 3 heteroatoms. The van der Waals surface area contributed by atoms with Crippen LogP contribution in [0.3, 0.4) is 0 Å². The van der Waals surface area contributed by atoms with Crippen molar-refractivity contribution in [3.63, 3.8) is 0 Å². The lowest BCUT2D eigenvalue weighted by molar-refractivity contribution is 0.165. The summed E-state index contributed by atoms with van der Waals surface area (Å²) in [6.07, 6.45) is 6.54. The Morgan fingerprint density at radius 3 is 2.33 bits per heavy atom. The molecule has 0 aromatic rings. The van der Waals surface area contributed by atoms with Crippen molar-refractivity contribution in [2.75, 3.05) is 46.8 Å². The molecular formula is C18H39N3. The first-order valence-electron chi connectivity index (χ1n) is 8.90. The Hall–Kier alpha value is -0.120. The molecule has 1 rings (SSSR count). The molecule has 1 aliphatic heterocycles. The van der Waals surface area contributed by atoms with E-state index >= 15 is 0 Å². The molecule has 0 aromatic heterocycles. The maximum absolute atomic E-state index is 5.78. The molecule has 0 radical (unpaired) electrons. The van der Waals surface area contributed by atoms with Crippen molar-refractivity contribution in [1.29, 1.82) is 0 Å². The van der Waals surface area contributed by atoms with Gasteiger partial charge in [0.25, 0.3) is 0 Å². The van der Waals surface area contributed by atoms with Crippen LogP contribution in [0.4, 0.5) is 0 Å². The highest BCUT2D eigenvalue weighted by molar-refractivity contribution is 4.76. The number of likely N-dealkylation sites (tertiary alicyclic amines) is 1. The highest BCUT2D eigenvalue weighted by Gasteiger charge is 2.23. The third kappa shape index (κ3) is 7.62. The third-order valence-electron chi connectivity index (χ3n) is 5.24. The summed E-state index contributed by atoms with van der Waals surface area (Å²) in [5.41, 5.74) is 6.17. The van der Waals surface area contributed by atoms with E-state index < -0.39 is 0 Å². The van der Waals surface area contributed by atoms with Crippen molar-refractivity contribution in [2.24, 2.45) is 23.0 Å². The van der Waals surface area contributed by atoms with Gasteiger partial charge < -0.3 is 15.5 Å². The molecule has 0 saturated carbocycles. The standard InChI is InChI=1S/C18H39N3/c1-18(2,3)17(8-11-19)7-6-12-21(5)15-16-9-13-20(4)14-10-16/h16-17H,6-15,19H2,1-5H3. The zero-order valence-corrected chi connectivity index (χ0v) is 15.2. The molecule has 126 valence electrons. The van der Waals surface area contributed by atoms with E-state index in [2.05, 4.69) is 44.7 Å². The van der Waals surface area contributed by atoms with Crippen LogP contribution in [0.2, 0.25) is 0 Å². The minimum Gasteiger partial charge on any atom is -0.330 e. The second-order valence-corrected chi connectivity index (χ2v) is 8.29. The lowest BCUT2D eigenvalue weighted by Crippen LogP contribution is -2.36. The normalized spacial score (nSPS) is 20.1. The van der Waals surface area contributed by atoms with Gasteiger partial charge in [0.2, 0.25) is 0 Å². The number of nitrogens with two attached hydrogens (primary N) is 1. The molecular weight excluding hydrogens is 258 g/mol. The number of hydrogen-bond donors (Lipinski definition) is 1. The van der Waals surface area contributed by atoms with Crippen LogP contribution >= 0.6 is 0 Å². The first-order chi connectivity index (χ1) is 9.82. The summed E-state index contributed by atoms with van der Waals surface area (Å²) in [6, 6.07) is 0. The van der Waals surface area contributed by atoms with Crippen molar-refractivity contribution >= 4 is 0 Å². The number of piperidine rings is 1. The van der Waals surface area contributed by atoms with Gasteiger partial charge in [-0.2, -0.15) is 0 Å². The smallest absolute Gasteiger partial charge is 0.000756 e. The van der Waals surface area contributed by atoms with Gasteiger partial charge in [0.05, 0.1) is 0 Å². The average molecular weight is 298 g/mol. The summed E-state index contributed by atoms with van der Waals surface area (Å²) in [5.74, 6) is 1.67. The molecule has 2 N–H and O–H groups in total. The lowest BCUT2D eigenvalue weighted by atomic mass is 9.76. The van der Waals surface area contributed by atoms with Gasteiger partial charge in [-0.05, 0) is 89.6 Å². The Kier molecular flexibility index (Phi) is 8.22. The van der Waals surface area contributed by atoms with Crippen molar-refractivity contribution in [2.45, 2.75) is 52.9 Å². The monoisotopic (exact) mass is 297 g/mol. The van der Waals surface area contributed by atoms with Crippen LogP contribution in [0.25, 0.3) is 0 Å². The summed E-state index contributed by atoms with van der Waals surface area (Å²) in [6.45, 7) is 13.0. The molecule has 21 heavy (non-hydrogen) atoms. The van der Waals surface area contributed by atoms with E-state index in [1.807, 2.05) is 0 Å². The van der Waals surface area contributed by atoms with E-state index in [-0.39, 0.29) is 0 Å². The molecule has 1 fully saturated rings. The second kappa shape index (κ2) is 9.12. The molecule has 1 unspecified atom stereocenters. The second-order valence-electron chi connectivity index (χ2n) is 8.29. The molecule has 0 bridgehead atoms. The molecule has 0 spiro atoms. The zero-order chi connectivity index (χ0) is 15.9. The van der Waals surface area contributed by atoms with E-state index in [9.17, 15) is 0 Å². The van der Waals surface area contributed by atoms with E-state index in [0.29, 0.717) is 5.41 Å². The Bertz CT molecular complexity index is 264. The topological polar surface area (TPSA) is 32.5 Å². The molecule has 1 atom stereocenters. The van der Waals surface area contributed by atoms with Crippen molar-refractivity contribution in [1.82, 2.24) is 9.80 Å². The van der Waals surface area contributed by atoms with Gasteiger partial charge >= 0.3 is 0 Å². The molecule has 3 nitrogen and oxygen atoms in total. The number of rotatable bonds is 8. The first-order valence-corrected chi connectivity index (χ1v) is 8.90. The van der Waals surface area contributed by atoms with Crippen LogP contribution in [0.1, 0.15) is 52.9 Å². The fraction of sp³-hybridized carbons (Fsp3) is 1.00. The van der Waals surface area contributed by atoms with E-state index in [1.54, 1.807) is 0 Å². The van der Waals surface area contributed by atoms with Crippen LogP contribution in [-0.4, -0.2) is 56.6 Å². The lowest BCUT2D eigenvalue weighted by Gasteiger charge is -2.33. The molecule has 1 aliphatic rings. The van der Waals surface area contributed by atoms with E-state index in [4.69, 9.17) is 5.73 Å². The first kappa shape index (κ1) is 18.9. The van der Waals surface area contributed by atoms with Crippen molar-refractivity contribution < 1.29 is 0 Å².